The quantitative estimate of drug-likeness (QED) is 0.847. The van der Waals surface area contributed by atoms with E-state index < -0.39 is 5.97 Å². The summed E-state index contributed by atoms with van der Waals surface area (Å²) in [6, 6.07) is 0.508. The maximum absolute atomic E-state index is 10.4. The highest BCUT2D eigenvalue weighted by Crippen LogP contribution is 2.27. The number of rotatable bonds is 4. The van der Waals surface area contributed by atoms with Gasteiger partial charge in [-0.25, -0.2) is 0 Å². The molecule has 1 fully saturated rings. The smallest absolute Gasteiger partial charge is 0.303 e. The van der Waals surface area contributed by atoms with E-state index in [1.165, 1.54) is 12.2 Å². The molecule has 1 aromatic heterocycles. The summed E-state index contributed by atoms with van der Waals surface area (Å²) in [5.41, 5.74) is 1.02. The maximum atomic E-state index is 10.4. The number of carboxylic acids is 1. The van der Waals surface area contributed by atoms with E-state index >= 15 is 0 Å². The Hall–Kier alpha value is -0.970. The largest absolute Gasteiger partial charge is 0.481 e. The molecule has 1 atom stereocenters. The van der Waals surface area contributed by atoms with Crippen molar-refractivity contribution in [2.45, 2.75) is 25.3 Å². The van der Waals surface area contributed by atoms with Gasteiger partial charge in [0.05, 0.1) is 12.2 Å². The van der Waals surface area contributed by atoms with Crippen molar-refractivity contribution in [1.82, 2.24) is 9.78 Å². The molecular formula is C10H14N2O2S. The predicted molar refractivity (Wildman–Crippen MR) is 59.2 cm³/mol. The highest BCUT2D eigenvalue weighted by molar-refractivity contribution is 7.99. The maximum Gasteiger partial charge on any atom is 0.303 e. The van der Waals surface area contributed by atoms with Crippen LogP contribution in [0.15, 0.2) is 12.4 Å². The van der Waals surface area contributed by atoms with E-state index in [0.29, 0.717) is 12.5 Å². The van der Waals surface area contributed by atoms with Gasteiger partial charge in [0.2, 0.25) is 0 Å². The van der Waals surface area contributed by atoms with E-state index in [0.717, 1.165) is 11.3 Å². The van der Waals surface area contributed by atoms with Gasteiger partial charge < -0.3 is 5.11 Å². The first-order chi connectivity index (χ1) is 7.25. The van der Waals surface area contributed by atoms with Crippen molar-refractivity contribution in [3.8, 4) is 0 Å². The van der Waals surface area contributed by atoms with Gasteiger partial charge in [0.15, 0.2) is 0 Å². The molecule has 1 N–H and O–H groups in total. The van der Waals surface area contributed by atoms with Crippen molar-refractivity contribution < 1.29 is 9.90 Å². The summed E-state index contributed by atoms with van der Waals surface area (Å²) in [6.45, 7) is 0. The van der Waals surface area contributed by atoms with Gasteiger partial charge in [0, 0.05) is 18.4 Å². The van der Waals surface area contributed by atoms with E-state index in [1.54, 1.807) is 6.20 Å². The lowest BCUT2D eigenvalue weighted by molar-refractivity contribution is -0.136. The van der Waals surface area contributed by atoms with Gasteiger partial charge in [-0.2, -0.15) is 16.9 Å². The van der Waals surface area contributed by atoms with Gasteiger partial charge in [-0.3, -0.25) is 9.48 Å². The minimum atomic E-state index is -0.751. The molecule has 0 amide bonds. The number of hydrogen-bond acceptors (Lipinski definition) is 3. The van der Waals surface area contributed by atoms with E-state index in [2.05, 4.69) is 5.10 Å². The molecule has 1 aliphatic heterocycles. The van der Waals surface area contributed by atoms with Crippen LogP contribution < -0.4 is 0 Å². The molecule has 0 aromatic carbocycles. The van der Waals surface area contributed by atoms with Crippen LogP contribution in [0.3, 0.4) is 0 Å². The number of aliphatic carboxylic acids is 1. The lowest BCUT2D eigenvalue weighted by atomic mass is 10.2. The number of carbonyl (C=O) groups is 1. The highest BCUT2D eigenvalue weighted by Gasteiger charge is 2.17. The van der Waals surface area contributed by atoms with E-state index in [-0.39, 0.29) is 6.42 Å². The summed E-state index contributed by atoms with van der Waals surface area (Å²) < 4.78 is 1.98. The summed E-state index contributed by atoms with van der Waals surface area (Å²) >= 11 is 1.95. The average molecular weight is 226 g/mol. The Bertz CT molecular complexity index is 345. The fourth-order valence-corrected chi connectivity index (χ4v) is 2.89. The number of hydrogen-bond donors (Lipinski definition) is 1. The molecule has 0 radical (unpaired) electrons. The van der Waals surface area contributed by atoms with E-state index in [4.69, 9.17) is 5.11 Å². The Morgan fingerprint density at radius 3 is 3.27 bits per heavy atom. The van der Waals surface area contributed by atoms with E-state index in [1.807, 2.05) is 22.6 Å². The first kappa shape index (κ1) is 10.5. The molecular weight excluding hydrogens is 212 g/mol. The number of aryl methyl sites for hydroxylation is 1. The molecule has 0 saturated carbocycles. The zero-order valence-electron chi connectivity index (χ0n) is 8.43. The zero-order chi connectivity index (χ0) is 10.7. The molecule has 1 unspecified atom stereocenters. The second-order valence-electron chi connectivity index (χ2n) is 3.74. The Kier molecular flexibility index (Phi) is 3.30. The highest BCUT2D eigenvalue weighted by atomic mass is 32.2. The van der Waals surface area contributed by atoms with Crippen LogP contribution in [0.5, 0.6) is 0 Å². The topological polar surface area (TPSA) is 55.1 Å². The lowest BCUT2D eigenvalue weighted by Gasteiger charge is -2.07. The molecule has 0 bridgehead atoms. The third-order valence-corrected chi connectivity index (χ3v) is 3.71. The van der Waals surface area contributed by atoms with Crippen LogP contribution >= 0.6 is 11.8 Å². The van der Waals surface area contributed by atoms with Gasteiger partial charge in [0.25, 0.3) is 0 Å². The fourth-order valence-electron chi connectivity index (χ4n) is 1.69. The van der Waals surface area contributed by atoms with Crippen LogP contribution in [0.25, 0.3) is 0 Å². The van der Waals surface area contributed by atoms with E-state index in [9.17, 15) is 4.79 Å². The summed E-state index contributed by atoms with van der Waals surface area (Å²) in [7, 11) is 0. The fraction of sp³-hybridized carbons (Fsp3) is 0.600. The third kappa shape index (κ3) is 2.75. The Morgan fingerprint density at radius 2 is 2.60 bits per heavy atom. The van der Waals surface area contributed by atoms with Crippen molar-refractivity contribution in [1.29, 1.82) is 0 Å². The zero-order valence-corrected chi connectivity index (χ0v) is 9.24. The van der Waals surface area contributed by atoms with Crippen molar-refractivity contribution in [3.05, 3.63) is 18.0 Å². The number of thioether (sulfide) groups is 1. The van der Waals surface area contributed by atoms with Gasteiger partial charge in [-0.05, 0) is 24.2 Å². The molecule has 4 nitrogen and oxygen atoms in total. The Labute approximate surface area is 92.7 Å². The lowest BCUT2D eigenvalue weighted by Crippen LogP contribution is -2.07. The van der Waals surface area contributed by atoms with Crippen LogP contribution in [0.4, 0.5) is 0 Å². The standard InChI is InChI=1S/C10H14N2O2S/c13-10(14)2-1-8-5-11-12(6-8)9-3-4-15-7-9/h5-6,9H,1-4,7H2,(H,13,14). The molecule has 2 rings (SSSR count). The summed E-state index contributed by atoms with van der Waals surface area (Å²) in [5, 5.41) is 12.8. The number of aromatic nitrogens is 2. The van der Waals surface area contributed by atoms with Crippen molar-refractivity contribution in [2.24, 2.45) is 0 Å². The first-order valence-electron chi connectivity index (χ1n) is 5.08. The van der Waals surface area contributed by atoms with Crippen LogP contribution in [-0.2, 0) is 11.2 Å². The SMILES string of the molecule is O=C(O)CCc1cnn(C2CCSC2)c1. The van der Waals surface area contributed by atoms with Crippen LogP contribution in [0, 0.1) is 0 Å². The first-order valence-corrected chi connectivity index (χ1v) is 6.24. The van der Waals surface area contributed by atoms with Crippen molar-refractivity contribution in [2.75, 3.05) is 11.5 Å². The molecule has 1 aromatic rings. The van der Waals surface area contributed by atoms with Gasteiger partial charge in [-0.1, -0.05) is 0 Å². The van der Waals surface area contributed by atoms with Gasteiger partial charge in [0.1, 0.15) is 0 Å². The Balaban J connectivity index is 1.94. The van der Waals surface area contributed by atoms with Crippen LogP contribution in [-0.4, -0.2) is 32.4 Å². The molecule has 0 aliphatic carbocycles. The van der Waals surface area contributed by atoms with Crippen molar-refractivity contribution >= 4 is 17.7 Å². The van der Waals surface area contributed by atoms with Crippen LogP contribution in [0.2, 0.25) is 0 Å². The molecule has 0 spiro atoms. The second-order valence-corrected chi connectivity index (χ2v) is 4.89. The molecule has 5 heteroatoms. The summed E-state index contributed by atoms with van der Waals surface area (Å²) in [6.07, 6.45) is 5.70. The Morgan fingerprint density at radius 1 is 1.73 bits per heavy atom. The molecule has 15 heavy (non-hydrogen) atoms. The van der Waals surface area contributed by atoms with Crippen molar-refractivity contribution in [3.63, 3.8) is 0 Å². The predicted octanol–water partition coefficient (Wildman–Crippen LogP) is 1.58. The molecule has 1 aliphatic rings. The van der Waals surface area contributed by atoms with Gasteiger partial charge >= 0.3 is 5.97 Å². The number of nitrogens with zero attached hydrogens (tertiary/aromatic N) is 2. The van der Waals surface area contributed by atoms with Crippen LogP contribution in [0.1, 0.15) is 24.4 Å². The number of carboxylic acid groups (broad SMARTS) is 1. The normalized spacial score (nSPS) is 20.7. The molecule has 82 valence electrons. The second kappa shape index (κ2) is 4.70. The summed E-state index contributed by atoms with van der Waals surface area (Å²) in [4.78, 5) is 10.4. The summed E-state index contributed by atoms with van der Waals surface area (Å²) in [5.74, 6) is 1.58. The average Bonchev–Trinajstić information content (AvgIpc) is 2.85. The monoisotopic (exact) mass is 226 g/mol. The molecule has 2 heterocycles. The minimum absolute atomic E-state index is 0.186. The minimum Gasteiger partial charge on any atom is -0.481 e. The molecule has 1 saturated heterocycles. The third-order valence-electron chi connectivity index (χ3n) is 2.56. The van der Waals surface area contributed by atoms with Gasteiger partial charge in [-0.15, -0.1) is 0 Å².